The molecule has 6 nitrogen and oxygen atoms in total. The van der Waals surface area contributed by atoms with Crippen molar-refractivity contribution >= 4 is 28.3 Å². The van der Waals surface area contributed by atoms with Gasteiger partial charge in [-0.3, -0.25) is 9.59 Å². The number of amides is 2. The number of thiazole rings is 1. The van der Waals surface area contributed by atoms with Crippen molar-refractivity contribution in [1.29, 1.82) is 0 Å². The fourth-order valence-electron chi connectivity index (χ4n) is 2.85. The molecule has 0 spiro atoms. The van der Waals surface area contributed by atoms with Gasteiger partial charge in [-0.25, -0.2) is 4.98 Å². The largest absolute Gasteiger partial charge is 0.383 e. The lowest BCUT2D eigenvalue weighted by Crippen LogP contribution is -2.50. The van der Waals surface area contributed by atoms with Gasteiger partial charge >= 0.3 is 0 Å². The van der Waals surface area contributed by atoms with E-state index in [1.165, 1.54) is 16.2 Å². The molecule has 0 aliphatic rings. The molecule has 0 radical (unpaired) electrons. The van der Waals surface area contributed by atoms with Crippen LogP contribution in [0.25, 0.3) is 0 Å². The number of carbonyl (C=O) groups is 2. The van der Waals surface area contributed by atoms with Gasteiger partial charge in [0.15, 0.2) is 5.13 Å². The van der Waals surface area contributed by atoms with Crippen LogP contribution in [0.1, 0.15) is 84.4 Å². The van der Waals surface area contributed by atoms with E-state index in [4.69, 9.17) is 0 Å². The standard InChI is InChI=1S/C20H35N3O3S/c1-7-10-13(11-8-2)15-12-21-19(27-15)23-17(25)14(9-3)22-18(26)16(24)20(4,5)6/h12-14,16,24H,7-11H2,1-6H3,(H,22,26)(H,21,23,25)/t14-,16+/m0/s1. The molecule has 1 heterocycles. The van der Waals surface area contributed by atoms with E-state index in [2.05, 4.69) is 29.5 Å². The number of aromatic nitrogens is 1. The van der Waals surface area contributed by atoms with Gasteiger partial charge in [0, 0.05) is 11.1 Å². The Morgan fingerprint density at radius 1 is 1.15 bits per heavy atom. The Bertz CT molecular complexity index is 604. The number of rotatable bonds is 10. The molecule has 27 heavy (non-hydrogen) atoms. The molecule has 0 aromatic carbocycles. The van der Waals surface area contributed by atoms with Gasteiger partial charge in [0.05, 0.1) is 0 Å². The highest BCUT2D eigenvalue weighted by Gasteiger charge is 2.31. The summed E-state index contributed by atoms with van der Waals surface area (Å²) < 4.78 is 0. The smallest absolute Gasteiger partial charge is 0.250 e. The van der Waals surface area contributed by atoms with E-state index >= 15 is 0 Å². The zero-order valence-corrected chi connectivity index (χ0v) is 18.3. The lowest BCUT2D eigenvalue weighted by molar-refractivity contribution is -0.137. The average molecular weight is 398 g/mol. The fourth-order valence-corrected chi connectivity index (χ4v) is 3.84. The van der Waals surface area contributed by atoms with Crippen molar-refractivity contribution in [3.05, 3.63) is 11.1 Å². The summed E-state index contributed by atoms with van der Waals surface area (Å²) in [6.07, 6.45) is 5.56. The van der Waals surface area contributed by atoms with E-state index in [0.29, 0.717) is 17.5 Å². The Kier molecular flexibility index (Phi) is 9.39. The summed E-state index contributed by atoms with van der Waals surface area (Å²) in [5.41, 5.74) is -0.587. The van der Waals surface area contributed by atoms with Crippen LogP contribution >= 0.6 is 11.3 Å². The molecule has 0 unspecified atom stereocenters. The summed E-state index contributed by atoms with van der Waals surface area (Å²) in [6.45, 7) is 11.5. The molecule has 154 valence electrons. The van der Waals surface area contributed by atoms with Crippen molar-refractivity contribution < 1.29 is 14.7 Å². The monoisotopic (exact) mass is 397 g/mol. The minimum atomic E-state index is -1.17. The van der Waals surface area contributed by atoms with Crippen molar-refractivity contribution in [3.63, 3.8) is 0 Å². The highest BCUT2D eigenvalue weighted by atomic mass is 32.1. The van der Waals surface area contributed by atoms with Crippen molar-refractivity contribution in [2.45, 2.75) is 91.7 Å². The lowest BCUT2D eigenvalue weighted by Gasteiger charge is -2.26. The van der Waals surface area contributed by atoms with Crippen molar-refractivity contribution in [3.8, 4) is 0 Å². The molecule has 0 fully saturated rings. The van der Waals surface area contributed by atoms with E-state index < -0.39 is 23.5 Å². The molecule has 3 N–H and O–H groups in total. The summed E-state index contributed by atoms with van der Waals surface area (Å²) in [4.78, 5) is 30.3. The molecule has 0 aliphatic carbocycles. The quantitative estimate of drug-likeness (QED) is 0.555. The van der Waals surface area contributed by atoms with E-state index in [9.17, 15) is 14.7 Å². The maximum absolute atomic E-state index is 12.5. The second kappa shape index (κ2) is 10.8. The maximum Gasteiger partial charge on any atom is 0.250 e. The molecular weight excluding hydrogens is 362 g/mol. The molecule has 0 saturated carbocycles. The number of aliphatic hydroxyl groups is 1. The van der Waals surface area contributed by atoms with Gasteiger partial charge in [-0.15, -0.1) is 11.3 Å². The van der Waals surface area contributed by atoms with Gasteiger partial charge in [0.25, 0.3) is 0 Å². The van der Waals surface area contributed by atoms with Crippen LogP contribution in [0.4, 0.5) is 5.13 Å². The molecular formula is C20H35N3O3S. The molecule has 0 bridgehead atoms. The average Bonchev–Trinajstić information content (AvgIpc) is 3.05. The molecule has 0 aliphatic heterocycles. The number of anilines is 1. The molecule has 2 atom stereocenters. The summed E-state index contributed by atoms with van der Waals surface area (Å²) in [5, 5.41) is 16.1. The van der Waals surface area contributed by atoms with Gasteiger partial charge in [0.2, 0.25) is 11.8 Å². The maximum atomic E-state index is 12.5. The van der Waals surface area contributed by atoms with Crippen LogP contribution in [-0.4, -0.2) is 34.1 Å². The molecule has 1 rings (SSSR count). The Morgan fingerprint density at radius 2 is 1.74 bits per heavy atom. The third kappa shape index (κ3) is 7.22. The first-order valence-corrected chi connectivity index (χ1v) is 10.7. The first-order chi connectivity index (χ1) is 12.6. The van der Waals surface area contributed by atoms with Crippen LogP contribution < -0.4 is 10.6 Å². The number of hydrogen-bond acceptors (Lipinski definition) is 5. The zero-order valence-electron chi connectivity index (χ0n) is 17.5. The molecule has 1 aromatic rings. The number of nitrogens with one attached hydrogen (secondary N) is 2. The number of hydrogen-bond donors (Lipinski definition) is 3. The summed E-state index contributed by atoms with van der Waals surface area (Å²) >= 11 is 1.50. The van der Waals surface area contributed by atoms with Crippen LogP contribution in [-0.2, 0) is 9.59 Å². The van der Waals surface area contributed by atoms with Gasteiger partial charge in [0.1, 0.15) is 12.1 Å². The molecule has 0 saturated heterocycles. The summed E-state index contributed by atoms with van der Waals surface area (Å²) in [7, 11) is 0. The van der Waals surface area contributed by atoms with Gasteiger partial charge in [-0.05, 0) is 30.6 Å². The highest BCUT2D eigenvalue weighted by Crippen LogP contribution is 2.32. The highest BCUT2D eigenvalue weighted by molar-refractivity contribution is 7.15. The van der Waals surface area contributed by atoms with Crippen LogP contribution in [0, 0.1) is 5.41 Å². The van der Waals surface area contributed by atoms with Crippen molar-refractivity contribution in [2.75, 3.05) is 5.32 Å². The zero-order chi connectivity index (χ0) is 20.6. The first kappa shape index (κ1) is 23.6. The predicted octanol–water partition coefficient (Wildman–Crippen LogP) is 4.07. The van der Waals surface area contributed by atoms with Gasteiger partial charge in [-0.2, -0.15) is 0 Å². The van der Waals surface area contributed by atoms with E-state index in [1.807, 2.05) is 13.1 Å². The molecule has 1 aromatic heterocycles. The van der Waals surface area contributed by atoms with Crippen LogP contribution in [0.5, 0.6) is 0 Å². The molecule has 2 amide bonds. The summed E-state index contributed by atoms with van der Waals surface area (Å²) in [5.74, 6) is -0.363. The number of carbonyl (C=O) groups excluding carboxylic acids is 2. The van der Waals surface area contributed by atoms with E-state index in [0.717, 1.165) is 25.7 Å². The number of nitrogens with zero attached hydrogens (tertiary/aromatic N) is 1. The second-order valence-electron chi connectivity index (χ2n) is 8.07. The first-order valence-electron chi connectivity index (χ1n) is 9.88. The lowest BCUT2D eigenvalue weighted by atomic mass is 9.88. The van der Waals surface area contributed by atoms with Gasteiger partial charge in [-0.1, -0.05) is 54.4 Å². The third-order valence-corrected chi connectivity index (χ3v) is 5.62. The summed E-state index contributed by atoms with van der Waals surface area (Å²) in [6, 6.07) is -0.705. The molecule has 7 heteroatoms. The Morgan fingerprint density at radius 3 is 2.22 bits per heavy atom. The van der Waals surface area contributed by atoms with Crippen LogP contribution in [0.15, 0.2) is 6.20 Å². The predicted molar refractivity (Wildman–Crippen MR) is 111 cm³/mol. The Hall–Kier alpha value is -1.47. The SMILES string of the molecule is CCCC(CCC)c1cnc(NC(=O)[C@H](CC)NC(=O)[C@@H](O)C(C)(C)C)s1. The Balaban J connectivity index is 2.74. The normalized spacial score (nSPS) is 14.1. The van der Waals surface area contributed by atoms with E-state index in [1.54, 1.807) is 20.8 Å². The minimum Gasteiger partial charge on any atom is -0.383 e. The minimum absolute atomic E-state index is 0.310. The fraction of sp³-hybridized carbons (Fsp3) is 0.750. The van der Waals surface area contributed by atoms with Crippen LogP contribution in [0.3, 0.4) is 0 Å². The van der Waals surface area contributed by atoms with Crippen LogP contribution in [0.2, 0.25) is 0 Å². The third-order valence-electron chi connectivity index (χ3n) is 4.54. The van der Waals surface area contributed by atoms with Gasteiger partial charge < -0.3 is 15.7 Å². The van der Waals surface area contributed by atoms with E-state index in [-0.39, 0.29) is 5.91 Å². The number of aliphatic hydroxyl groups excluding tert-OH is 1. The topological polar surface area (TPSA) is 91.3 Å². The second-order valence-corrected chi connectivity index (χ2v) is 9.13. The Labute approximate surface area is 167 Å². The van der Waals surface area contributed by atoms with Crippen molar-refractivity contribution in [1.82, 2.24) is 10.3 Å². The van der Waals surface area contributed by atoms with Crippen molar-refractivity contribution in [2.24, 2.45) is 5.41 Å².